The van der Waals surface area contributed by atoms with E-state index in [2.05, 4.69) is 15.9 Å². The first-order valence-electron chi connectivity index (χ1n) is 4.66. The van der Waals surface area contributed by atoms with E-state index in [0.29, 0.717) is 12.8 Å². The molecule has 2 heteroatoms. The molecule has 0 unspecified atom stereocenters. The lowest BCUT2D eigenvalue weighted by atomic mass is 9.94. The van der Waals surface area contributed by atoms with Gasteiger partial charge in [0, 0.05) is 10.0 Å². The molecule has 1 aromatic carbocycles. The maximum Gasteiger partial charge on any atom is 0.137 e. The number of hydrogen-bond acceptors (Lipinski definition) is 0. The van der Waals surface area contributed by atoms with Gasteiger partial charge in [0.15, 0.2) is 0 Å². The standard InChI is InChI=1S/C11H12BrF/c12-10-6-2-1-5-9(10)11(13)7-3-4-8-11/h1-2,5-6H,3-4,7-8H2. The molecule has 1 fully saturated rings. The van der Waals surface area contributed by atoms with Crippen molar-refractivity contribution in [2.75, 3.05) is 0 Å². The monoisotopic (exact) mass is 242 g/mol. The van der Waals surface area contributed by atoms with Gasteiger partial charge in [0.2, 0.25) is 0 Å². The van der Waals surface area contributed by atoms with E-state index >= 15 is 0 Å². The van der Waals surface area contributed by atoms with Crippen molar-refractivity contribution in [3.05, 3.63) is 34.3 Å². The fourth-order valence-electron chi connectivity index (χ4n) is 2.03. The maximum absolute atomic E-state index is 14.3. The van der Waals surface area contributed by atoms with E-state index in [9.17, 15) is 4.39 Å². The summed E-state index contributed by atoms with van der Waals surface area (Å²) in [4.78, 5) is 0. The molecule has 1 aliphatic rings. The second kappa shape index (κ2) is 3.41. The lowest BCUT2D eigenvalue weighted by Crippen LogP contribution is -2.15. The van der Waals surface area contributed by atoms with Crippen LogP contribution in [0, 0.1) is 0 Å². The van der Waals surface area contributed by atoms with Crippen molar-refractivity contribution in [1.82, 2.24) is 0 Å². The van der Waals surface area contributed by atoms with Crippen LogP contribution in [0.3, 0.4) is 0 Å². The van der Waals surface area contributed by atoms with Crippen LogP contribution in [0.25, 0.3) is 0 Å². The van der Waals surface area contributed by atoms with E-state index in [1.807, 2.05) is 24.3 Å². The summed E-state index contributed by atoms with van der Waals surface area (Å²) < 4.78 is 15.2. The zero-order valence-electron chi connectivity index (χ0n) is 7.39. The third-order valence-corrected chi connectivity index (χ3v) is 3.44. The van der Waals surface area contributed by atoms with Gasteiger partial charge < -0.3 is 0 Å². The minimum atomic E-state index is -1.07. The second-order valence-electron chi connectivity index (χ2n) is 3.65. The summed E-state index contributed by atoms with van der Waals surface area (Å²) in [6, 6.07) is 7.62. The highest BCUT2D eigenvalue weighted by Crippen LogP contribution is 2.44. The minimum Gasteiger partial charge on any atom is -0.239 e. The molecular weight excluding hydrogens is 231 g/mol. The topological polar surface area (TPSA) is 0 Å². The largest absolute Gasteiger partial charge is 0.239 e. The second-order valence-corrected chi connectivity index (χ2v) is 4.51. The zero-order valence-corrected chi connectivity index (χ0v) is 8.98. The lowest BCUT2D eigenvalue weighted by molar-refractivity contribution is 0.174. The normalized spacial score (nSPS) is 20.5. The Bertz CT molecular complexity index is 303. The Labute approximate surface area is 86.3 Å². The number of rotatable bonds is 1. The van der Waals surface area contributed by atoms with Crippen molar-refractivity contribution < 1.29 is 4.39 Å². The predicted octanol–water partition coefficient (Wildman–Crippen LogP) is 4.19. The van der Waals surface area contributed by atoms with Crippen LogP contribution < -0.4 is 0 Å². The van der Waals surface area contributed by atoms with Crippen LogP contribution >= 0.6 is 15.9 Å². The summed E-state index contributed by atoms with van der Waals surface area (Å²) in [5, 5.41) is 0. The van der Waals surface area contributed by atoms with Crippen LogP contribution in [-0.2, 0) is 5.67 Å². The Hall–Kier alpha value is -0.370. The molecule has 1 saturated carbocycles. The van der Waals surface area contributed by atoms with Crippen LogP contribution in [-0.4, -0.2) is 0 Å². The third kappa shape index (κ3) is 1.64. The number of hydrogen-bond donors (Lipinski definition) is 0. The van der Waals surface area contributed by atoms with Gasteiger partial charge in [-0.05, 0) is 31.7 Å². The zero-order chi connectivity index (χ0) is 9.31. The average molecular weight is 243 g/mol. The molecule has 0 radical (unpaired) electrons. The van der Waals surface area contributed by atoms with Gasteiger partial charge >= 0.3 is 0 Å². The maximum atomic E-state index is 14.3. The fourth-order valence-corrected chi connectivity index (χ4v) is 2.67. The summed E-state index contributed by atoms with van der Waals surface area (Å²) in [5.41, 5.74) is -0.243. The Balaban J connectivity index is 2.39. The van der Waals surface area contributed by atoms with Gasteiger partial charge in [-0.15, -0.1) is 0 Å². The van der Waals surface area contributed by atoms with Crippen LogP contribution in [0.5, 0.6) is 0 Å². The molecule has 0 bridgehead atoms. The number of benzene rings is 1. The molecule has 0 spiro atoms. The molecule has 0 aliphatic heterocycles. The Kier molecular flexibility index (Phi) is 2.41. The molecule has 0 atom stereocenters. The van der Waals surface area contributed by atoms with Crippen LogP contribution in [0.2, 0.25) is 0 Å². The highest BCUT2D eigenvalue weighted by molar-refractivity contribution is 9.10. The summed E-state index contributed by atoms with van der Waals surface area (Å²) in [7, 11) is 0. The van der Waals surface area contributed by atoms with E-state index in [1.165, 1.54) is 0 Å². The molecule has 13 heavy (non-hydrogen) atoms. The van der Waals surface area contributed by atoms with E-state index < -0.39 is 5.67 Å². The van der Waals surface area contributed by atoms with Gasteiger partial charge in [-0.2, -0.15) is 0 Å². The minimum absolute atomic E-state index is 0.676. The Morgan fingerprint density at radius 1 is 1.15 bits per heavy atom. The molecule has 0 saturated heterocycles. The smallest absolute Gasteiger partial charge is 0.137 e. The number of alkyl halides is 1. The first-order chi connectivity index (χ1) is 6.22. The molecular formula is C11H12BrF. The molecule has 0 N–H and O–H groups in total. The summed E-state index contributed by atoms with van der Waals surface area (Å²) in [6.07, 6.45) is 3.38. The SMILES string of the molecule is FC1(c2ccccc2Br)CCCC1. The van der Waals surface area contributed by atoms with Gasteiger partial charge in [-0.3, -0.25) is 0 Å². The summed E-state index contributed by atoms with van der Waals surface area (Å²) in [6.45, 7) is 0. The predicted molar refractivity (Wildman–Crippen MR) is 55.4 cm³/mol. The molecule has 2 rings (SSSR count). The molecule has 0 heterocycles. The van der Waals surface area contributed by atoms with Gasteiger partial charge in [-0.1, -0.05) is 34.1 Å². The van der Waals surface area contributed by atoms with Gasteiger partial charge in [0.05, 0.1) is 0 Å². The van der Waals surface area contributed by atoms with Gasteiger partial charge in [0.1, 0.15) is 5.67 Å². The summed E-state index contributed by atoms with van der Waals surface area (Å²) in [5.74, 6) is 0. The van der Waals surface area contributed by atoms with Crippen LogP contribution in [0.4, 0.5) is 4.39 Å². The van der Waals surface area contributed by atoms with E-state index in [0.717, 1.165) is 22.9 Å². The van der Waals surface area contributed by atoms with E-state index in [4.69, 9.17) is 0 Å². The number of halogens is 2. The highest BCUT2D eigenvalue weighted by atomic mass is 79.9. The van der Waals surface area contributed by atoms with Crippen molar-refractivity contribution in [2.45, 2.75) is 31.4 Å². The Morgan fingerprint density at radius 2 is 1.77 bits per heavy atom. The van der Waals surface area contributed by atoms with E-state index in [-0.39, 0.29) is 0 Å². The van der Waals surface area contributed by atoms with Crippen molar-refractivity contribution in [3.63, 3.8) is 0 Å². The first-order valence-corrected chi connectivity index (χ1v) is 5.46. The van der Waals surface area contributed by atoms with Crippen LogP contribution in [0.15, 0.2) is 28.7 Å². The third-order valence-electron chi connectivity index (χ3n) is 2.75. The molecule has 0 amide bonds. The van der Waals surface area contributed by atoms with Crippen LogP contribution in [0.1, 0.15) is 31.2 Å². The molecule has 0 aromatic heterocycles. The molecule has 0 nitrogen and oxygen atoms in total. The van der Waals surface area contributed by atoms with Crippen molar-refractivity contribution in [1.29, 1.82) is 0 Å². The van der Waals surface area contributed by atoms with Crippen molar-refractivity contribution in [2.24, 2.45) is 0 Å². The first kappa shape index (κ1) is 9.20. The van der Waals surface area contributed by atoms with Crippen molar-refractivity contribution >= 4 is 15.9 Å². The molecule has 1 aromatic rings. The molecule has 70 valence electrons. The highest BCUT2D eigenvalue weighted by Gasteiger charge is 2.36. The van der Waals surface area contributed by atoms with Gasteiger partial charge in [0.25, 0.3) is 0 Å². The average Bonchev–Trinajstić information content (AvgIpc) is 2.54. The van der Waals surface area contributed by atoms with E-state index in [1.54, 1.807) is 0 Å². The van der Waals surface area contributed by atoms with Crippen molar-refractivity contribution in [3.8, 4) is 0 Å². The Morgan fingerprint density at radius 3 is 2.38 bits per heavy atom. The fraction of sp³-hybridized carbons (Fsp3) is 0.455. The summed E-state index contributed by atoms with van der Waals surface area (Å²) >= 11 is 3.40. The quantitative estimate of drug-likeness (QED) is 0.693. The van der Waals surface area contributed by atoms with Gasteiger partial charge in [-0.25, -0.2) is 4.39 Å². The molecule has 1 aliphatic carbocycles. The lowest BCUT2D eigenvalue weighted by Gasteiger charge is -2.20.